The number of rotatable bonds is 10. The minimum atomic E-state index is -3.57. The molecule has 2 aromatic carbocycles. The third-order valence-corrected chi connectivity index (χ3v) is 8.36. The number of fused-ring (bicyclic) bond motifs is 1. The Morgan fingerprint density at radius 2 is 1.82 bits per heavy atom. The SMILES string of the molecule is CCN(CC)S(=O)(=O)c1cccc(-c2nnc(SCc3nc4ccccc4o3)n2CC(C)C)c1. The van der Waals surface area contributed by atoms with Crippen molar-refractivity contribution in [1.82, 2.24) is 24.1 Å². The highest BCUT2D eigenvalue weighted by Gasteiger charge is 2.23. The number of sulfonamides is 1. The molecule has 0 N–H and O–H groups in total. The van der Waals surface area contributed by atoms with Gasteiger partial charge in [-0.1, -0.05) is 63.7 Å². The van der Waals surface area contributed by atoms with Crippen LogP contribution in [0.1, 0.15) is 33.6 Å². The van der Waals surface area contributed by atoms with Crippen molar-refractivity contribution in [1.29, 1.82) is 0 Å². The van der Waals surface area contributed by atoms with Crippen molar-refractivity contribution in [3.8, 4) is 11.4 Å². The van der Waals surface area contributed by atoms with E-state index in [2.05, 4.69) is 29.0 Å². The number of benzene rings is 2. The summed E-state index contributed by atoms with van der Waals surface area (Å²) in [5.74, 6) is 2.13. The van der Waals surface area contributed by atoms with Crippen molar-refractivity contribution >= 4 is 32.9 Å². The molecule has 0 bridgehead atoms. The fourth-order valence-electron chi connectivity index (χ4n) is 3.75. The van der Waals surface area contributed by atoms with Gasteiger partial charge in [-0.05, 0) is 30.2 Å². The standard InChI is InChI=1S/C24H29N5O3S2/c1-5-28(6-2)34(30,31)19-11-9-10-18(14-19)23-26-27-24(29(23)15-17(3)4)33-16-22-25-20-12-7-8-13-21(20)32-22/h7-14,17H,5-6,15-16H2,1-4H3. The summed E-state index contributed by atoms with van der Waals surface area (Å²) in [6.45, 7) is 9.47. The molecule has 0 unspecified atom stereocenters. The molecule has 4 rings (SSSR count). The Kier molecular flexibility index (Phi) is 7.39. The van der Waals surface area contributed by atoms with Gasteiger partial charge < -0.3 is 8.98 Å². The van der Waals surface area contributed by atoms with Crippen LogP contribution in [0.25, 0.3) is 22.5 Å². The van der Waals surface area contributed by atoms with Crippen LogP contribution in [0.5, 0.6) is 0 Å². The number of oxazole rings is 1. The van der Waals surface area contributed by atoms with Gasteiger partial charge in [0.2, 0.25) is 15.9 Å². The molecule has 0 amide bonds. The molecule has 0 saturated heterocycles. The number of aromatic nitrogens is 4. The summed E-state index contributed by atoms with van der Waals surface area (Å²) in [6.07, 6.45) is 0. The number of hydrogen-bond acceptors (Lipinski definition) is 7. The average Bonchev–Trinajstić information content (AvgIpc) is 3.41. The van der Waals surface area contributed by atoms with E-state index in [4.69, 9.17) is 4.42 Å². The van der Waals surface area contributed by atoms with Crippen LogP contribution < -0.4 is 0 Å². The van der Waals surface area contributed by atoms with E-state index < -0.39 is 10.0 Å². The van der Waals surface area contributed by atoms with Crippen molar-refractivity contribution in [2.45, 2.75) is 50.0 Å². The van der Waals surface area contributed by atoms with Gasteiger partial charge in [0, 0.05) is 25.2 Å². The summed E-state index contributed by atoms with van der Waals surface area (Å²) in [7, 11) is -3.57. The average molecular weight is 500 g/mol. The zero-order valence-electron chi connectivity index (χ0n) is 19.8. The second kappa shape index (κ2) is 10.3. The summed E-state index contributed by atoms with van der Waals surface area (Å²) in [5, 5.41) is 9.59. The van der Waals surface area contributed by atoms with Crippen LogP contribution in [0.2, 0.25) is 0 Å². The highest BCUT2D eigenvalue weighted by molar-refractivity contribution is 7.98. The van der Waals surface area contributed by atoms with Gasteiger partial charge in [-0.15, -0.1) is 10.2 Å². The summed E-state index contributed by atoms with van der Waals surface area (Å²) in [4.78, 5) is 4.80. The molecular formula is C24H29N5O3S2. The molecule has 0 aliphatic heterocycles. The third-order valence-electron chi connectivity index (χ3n) is 5.36. The molecule has 0 saturated carbocycles. The van der Waals surface area contributed by atoms with E-state index in [-0.39, 0.29) is 4.90 Å². The zero-order valence-corrected chi connectivity index (χ0v) is 21.4. The second-order valence-corrected chi connectivity index (χ2v) is 11.2. The van der Waals surface area contributed by atoms with Gasteiger partial charge in [-0.3, -0.25) is 0 Å². The van der Waals surface area contributed by atoms with Gasteiger partial charge in [-0.2, -0.15) is 4.31 Å². The van der Waals surface area contributed by atoms with Crippen LogP contribution in [-0.4, -0.2) is 45.6 Å². The van der Waals surface area contributed by atoms with Gasteiger partial charge in [0.1, 0.15) is 5.52 Å². The van der Waals surface area contributed by atoms with E-state index in [1.54, 1.807) is 18.2 Å². The van der Waals surface area contributed by atoms with E-state index in [1.165, 1.54) is 16.1 Å². The first-order chi connectivity index (χ1) is 16.3. The van der Waals surface area contributed by atoms with Gasteiger partial charge >= 0.3 is 0 Å². The van der Waals surface area contributed by atoms with E-state index in [9.17, 15) is 8.42 Å². The van der Waals surface area contributed by atoms with Gasteiger partial charge in [0.25, 0.3) is 0 Å². The monoisotopic (exact) mass is 499 g/mol. The molecule has 0 radical (unpaired) electrons. The van der Waals surface area contributed by atoms with Gasteiger partial charge in [-0.25, -0.2) is 13.4 Å². The molecule has 10 heteroatoms. The Balaban J connectivity index is 1.65. The van der Waals surface area contributed by atoms with E-state index >= 15 is 0 Å². The summed E-state index contributed by atoms with van der Waals surface area (Å²) in [5.41, 5.74) is 2.30. The lowest BCUT2D eigenvalue weighted by atomic mass is 10.2. The first-order valence-corrected chi connectivity index (χ1v) is 13.8. The first kappa shape index (κ1) is 24.4. The predicted octanol–water partition coefficient (Wildman–Crippen LogP) is 5.07. The number of hydrogen-bond donors (Lipinski definition) is 0. The minimum absolute atomic E-state index is 0.258. The van der Waals surface area contributed by atoms with Crippen LogP contribution in [-0.2, 0) is 22.3 Å². The van der Waals surface area contributed by atoms with Crippen LogP contribution >= 0.6 is 11.8 Å². The second-order valence-electron chi connectivity index (χ2n) is 8.29. The Morgan fingerprint density at radius 3 is 2.53 bits per heavy atom. The molecule has 0 spiro atoms. The lowest BCUT2D eigenvalue weighted by Gasteiger charge is -2.19. The molecule has 0 fully saturated rings. The molecule has 0 aliphatic rings. The van der Waals surface area contributed by atoms with Crippen molar-refractivity contribution < 1.29 is 12.8 Å². The Labute approximate surface area is 204 Å². The summed E-state index contributed by atoms with van der Waals surface area (Å²) >= 11 is 1.50. The smallest absolute Gasteiger partial charge is 0.243 e. The largest absolute Gasteiger partial charge is 0.440 e. The van der Waals surface area contributed by atoms with Crippen LogP contribution in [0.4, 0.5) is 0 Å². The molecule has 34 heavy (non-hydrogen) atoms. The summed E-state index contributed by atoms with van der Waals surface area (Å²) in [6, 6.07) is 14.6. The fourth-order valence-corrected chi connectivity index (χ4v) is 6.05. The maximum Gasteiger partial charge on any atom is 0.243 e. The van der Waals surface area contributed by atoms with Crippen LogP contribution in [0, 0.1) is 5.92 Å². The van der Waals surface area contributed by atoms with Gasteiger partial charge in [0.15, 0.2) is 16.6 Å². The van der Waals surface area contributed by atoms with Crippen molar-refractivity contribution in [3.05, 3.63) is 54.4 Å². The molecule has 180 valence electrons. The number of thioether (sulfide) groups is 1. The quantitative estimate of drug-likeness (QED) is 0.281. The third kappa shape index (κ3) is 5.03. The highest BCUT2D eigenvalue weighted by Crippen LogP contribution is 2.29. The molecule has 4 aromatic rings. The molecule has 0 atom stereocenters. The maximum absolute atomic E-state index is 13.0. The highest BCUT2D eigenvalue weighted by atomic mass is 32.2. The Bertz CT molecular complexity index is 1340. The van der Waals surface area contributed by atoms with Crippen molar-refractivity contribution in [3.63, 3.8) is 0 Å². The van der Waals surface area contributed by atoms with Crippen molar-refractivity contribution in [2.24, 2.45) is 5.92 Å². The van der Waals surface area contributed by atoms with Crippen molar-refractivity contribution in [2.75, 3.05) is 13.1 Å². The normalized spacial score (nSPS) is 12.3. The predicted molar refractivity (Wildman–Crippen MR) is 134 cm³/mol. The Morgan fingerprint density at radius 1 is 1.06 bits per heavy atom. The molecule has 2 aromatic heterocycles. The zero-order chi connectivity index (χ0) is 24.3. The first-order valence-electron chi connectivity index (χ1n) is 11.3. The minimum Gasteiger partial charge on any atom is -0.440 e. The summed E-state index contributed by atoms with van der Waals surface area (Å²) < 4.78 is 35.4. The van der Waals surface area contributed by atoms with Gasteiger partial charge in [0.05, 0.1) is 10.6 Å². The molecule has 2 heterocycles. The lowest BCUT2D eigenvalue weighted by molar-refractivity contribution is 0.445. The topological polar surface area (TPSA) is 94.1 Å². The van der Waals surface area contributed by atoms with Crippen LogP contribution in [0.3, 0.4) is 0 Å². The number of para-hydroxylation sites is 2. The van der Waals surface area contributed by atoms with Crippen LogP contribution in [0.15, 0.2) is 63.0 Å². The molecule has 0 aliphatic carbocycles. The van der Waals surface area contributed by atoms with E-state index in [1.807, 2.05) is 48.7 Å². The molecule has 8 nitrogen and oxygen atoms in total. The maximum atomic E-state index is 13.0. The van der Waals surface area contributed by atoms with E-state index in [0.717, 1.165) is 21.8 Å². The Hall–Kier alpha value is -2.69. The molecular weight excluding hydrogens is 470 g/mol. The number of nitrogens with zero attached hydrogens (tertiary/aromatic N) is 5. The lowest BCUT2D eigenvalue weighted by Crippen LogP contribution is -2.30. The fraction of sp³-hybridized carbons (Fsp3) is 0.375. The van der Waals surface area contributed by atoms with E-state index in [0.29, 0.717) is 43.0 Å².